The van der Waals surface area contributed by atoms with Crippen molar-refractivity contribution in [3.8, 4) is 5.75 Å². The van der Waals surface area contributed by atoms with Crippen LogP contribution in [-0.4, -0.2) is 12.4 Å². The summed E-state index contributed by atoms with van der Waals surface area (Å²) in [5.74, 6) is 1.23. The molecule has 94 valence electrons. The Morgan fingerprint density at radius 2 is 1.76 bits per heavy atom. The van der Waals surface area contributed by atoms with E-state index in [1.165, 1.54) is 0 Å². The first-order valence-corrected chi connectivity index (χ1v) is 6.21. The number of benzene rings is 1. The van der Waals surface area contributed by atoms with E-state index in [-0.39, 0.29) is 5.41 Å². The van der Waals surface area contributed by atoms with E-state index < -0.39 is 0 Å². The molecule has 2 nitrogen and oxygen atoms in total. The smallest absolute Gasteiger partial charge is 0.138 e. The van der Waals surface area contributed by atoms with Crippen molar-refractivity contribution in [1.82, 2.24) is 0 Å². The summed E-state index contributed by atoms with van der Waals surface area (Å²) in [5.41, 5.74) is -0.208. The second kappa shape index (κ2) is 6.43. The SMILES string of the molecule is CC(C)(C)C(=O)CCCCOc1ccccc1. The molecule has 1 aromatic carbocycles. The molecule has 17 heavy (non-hydrogen) atoms. The second-order valence-corrected chi connectivity index (χ2v) is 5.29. The Bertz CT molecular complexity index is 336. The molecule has 0 saturated heterocycles. The van der Waals surface area contributed by atoms with Gasteiger partial charge in [0.1, 0.15) is 11.5 Å². The first-order chi connectivity index (χ1) is 8.00. The minimum Gasteiger partial charge on any atom is -0.494 e. The highest BCUT2D eigenvalue weighted by atomic mass is 16.5. The van der Waals surface area contributed by atoms with Gasteiger partial charge in [-0.2, -0.15) is 0 Å². The number of rotatable bonds is 6. The predicted octanol–water partition coefficient (Wildman–Crippen LogP) is 3.85. The van der Waals surface area contributed by atoms with Crippen LogP contribution in [-0.2, 0) is 4.79 Å². The maximum atomic E-state index is 11.7. The molecule has 0 unspecified atom stereocenters. The van der Waals surface area contributed by atoms with Gasteiger partial charge in [-0.3, -0.25) is 4.79 Å². The summed E-state index contributed by atoms with van der Waals surface area (Å²) in [7, 11) is 0. The van der Waals surface area contributed by atoms with E-state index in [9.17, 15) is 4.79 Å². The fraction of sp³-hybridized carbons (Fsp3) is 0.533. The molecular formula is C15H22O2. The summed E-state index contributed by atoms with van der Waals surface area (Å²) in [5, 5.41) is 0. The fourth-order valence-corrected chi connectivity index (χ4v) is 1.47. The summed E-state index contributed by atoms with van der Waals surface area (Å²) in [6.45, 7) is 6.59. The van der Waals surface area contributed by atoms with Crippen LogP contribution in [0.1, 0.15) is 40.0 Å². The summed E-state index contributed by atoms with van der Waals surface area (Å²) in [6, 6.07) is 9.77. The van der Waals surface area contributed by atoms with Crippen molar-refractivity contribution < 1.29 is 9.53 Å². The third-order valence-corrected chi connectivity index (χ3v) is 2.65. The number of hydrogen-bond donors (Lipinski definition) is 0. The fourth-order valence-electron chi connectivity index (χ4n) is 1.47. The van der Waals surface area contributed by atoms with Crippen LogP contribution in [0.5, 0.6) is 5.75 Å². The van der Waals surface area contributed by atoms with E-state index in [0.717, 1.165) is 18.6 Å². The van der Waals surface area contributed by atoms with Crippen LogP contribution in [0.4, 0.5) is 0 Å². The first-order valence-electron chi connectivity index (χ1n) is 6.21. The number of unbranched alkanes of at least 4 members (excludes halogenated alkanes) is 1. The van der Waals surface area contributed by atoms with E-state index >= 15 is 0 Å². The lowest BCUT2D eigenvalue weighted by molar-refractivity contribution is -0.126. The highest BCUT2D eigenvalue weighted by Gasteiger charge is 2.19. The predicted molar refractivity (Wildman–Crippen MR) is 70.3 cm³/mol. The Kier molecular flexibility index (Phi) is 5.20. The minimum atomic E-state index is -0.208. The van der Waals surface area contributed by atoms with Gasteiger partial charge >= 0.3 is 0 Å². The van der Waals surface area contributed by atoms with Crippen molar-refractivity contribution in [2.45, 2.75) is 40.0 Å². The molecule has 0 aromatic heterocycles. The largest absolute Gasteiger partial charge is 0.494 e. The number of Topliss-reactive ketones (excluding diaryl/α,β-unsaturated/α-hetero) is 1. The molecule has 0 aliphatic heterocycles. The number of carbonyl (C=O) groups excluding carboxylic acids is 1. The van der Waals surface area contributed by atoms with Crippen molar-refractivity contribution in [2.75, 3.05) is 6.61 Å². The molecule has 0 saturated carbocycles. The van der Waals surface area contributed by atoms with E-state index in [4.69, 9.17) is 4.74 Å². The molecule has 2 heteroatoms. The van der Waals surface area contributed by atoms with Gasteiger partial charge in [0.15, 0.2) is 0 Å². The van der Waals surface area contributed by atoms with Gasteiger partial charge < -0.3 is 4.74 Å². The average Bonchev–Trinajstić information content (AvgIpc) is 2.28. The Balaban J connectivity index is 2.12. The Morgan fingerprint density at radius 1 is 1.12 bits per heavy atom. The molecule has 0 atom stereocenters. The lowest BCUT2D eigenvalue weighted by atomic mass is 9.88. The van der Waals surface area contributed by atoms with E-state index in [2.05, 4.69) is 0 Å². The van der Waals surface area contributed by atoms with Crippen molar-refractivity contribution in [3.05, 3.63) is 30.3 Å². The van der Waals surface area contributed by atoms with Gasteiger partial charge in [-0.1, -0.05) is 39.0 Å². The third kappa shape index (κ3) is 5.53. The van der Waals surface area contributed by atoms with Crippen LogP contribution < -0.4 is 4.74 Å². The lowest BCUT2D eigenvalue weighted by Crippen LogP contribution is -2.19. The molecule has 1 aromatic rings. The van der Waals surface area contributed by atoms with Crippen LogP contribution in [0.15, 0.2) is 30.3 Å². The molecule has 0 amide bonds. The highest BCUT2D eigenvalue weighted by molar-refractivity contribution is 5.83. The molecule has 0 spiro atoms. The van der Waals surface area contributed by atoms with Crippen LogP contribution >= 0.6 is 0 Å². The lowest BCUT2D eigenvalue weighted by Gasteiger charge is -2.16. The molecular weight excluding hydrogens is 212 g/mol. The standard InChI is InChI=1S/C15H22O2/c1-15(2,3)14(16)11-7-8-12-17-13-9-5-4-6-10-13/h4-6,9-10H,7-8,11-12H2,1-3H3. The van der Waals surface area contributed by atoms with Gasteiger partial charge in [0, 0.05) is 11.8 Å². The highest BCUT2D eigenvalue weighted by Crippen LogP contribution is 2.18. The number of para-hydroxylation sites is 1. The molecule has 0 aliphatic rings. The van der Waals surface area contributed by atoms with Crippen molar-refractivity contribution in [1.29, 1.82) is 0 Å². The molecule has 0 N–H and O–H groups in total. The normalized spacial score (nSPS) is 11.2. The molecule has 0 heterocycles. The van der Waals surface area contributed by atoms with Crippen LogP contribution in [0, 0.1) is 5.41 Å². The van der Waals surface area contributed by atoms with Crippen molar-refractivity contribution in [2.24, 2.45) is 5.41 Å². The average molecular weight is 234 g/mol. The van der Waals surface area contributed by atoms with E-state index in [1.807, 2.05) is 51.1 Å². The molecule has 0 radical (unpaired) electrons. The van der Waals surface area contributed by atoms with Gasteiger partial charge in [-0.15, -0.1) is 0 Å². The zero-order valence-corrected chi connectivity index (χ0v) is 11.0. The quantitative estimate of drug-likeness (QED) is 0.699. The number of carbonyl (C=O) groups is 1. The summed E-state index contributed by atoms with van der Waals surface area (Å²) in [4.78, 5) is 11.7. The van der Waals surface area contributed by atoms with Gasteiger partial charge in [-0.25, -0.2) is 0 Å². The van der Waals surface area contributed by atoms with Gasteiger partial charge in [0.2, 0.25) is 0 Å². The maximum absolute atomic E-state index is 11.7. The van der Waals surface area contributed by atoms with Crippen molar-refractivity contribution >= 4 is 5.78 Å². The Morgan fingerprint density at radius 3 is 2.35 bits per heavy atom. The zero-order valence-electron chi connectivity index (χ0n) is 11.0. The number of hydrogen-bond acceptors (Lipinski definition) is 2. The van der Waals surface area contributed by atoms with Gasteiger partial charge in [0.25, 0.3) is 0 Å². The topological polar surface area (TPSA) is 26.3 Å². The molecule has 0 fully saturated rings. The van der Waals surface area contributed by atoms with Crippen LogP contribution in [0.25, 0.3) is 0 Å². The van der Waals surface area contributed by atoms with Crippen molar-refractivity contribution in [3.63, 3.8) is 0 Å². The Hall–Kier alpha value is -1.31. The monoisotopic (exact) mass is 234 g/mol. The van der Waals surface area contributed by atoms with Crippen LogP contribution in [0.3, 0.4) is 0 Å². The summed E-state index contributed by atoms with van der Waals surface area (Å²) >= 11 is 0. The maximum Gasteiger partial charge on any atom is 0.138 e. The molecule has 0 aliphatic carbocycles. The number of ketones is 1. The van der Waals surface area contributed by atoms with Gasteiger partial charge in [0.05, 0.1) is 6.61 Å². The van der Waals surface area contributed by atoms with Gasteiger partial charge in [-0.05, 0) is 25.0 Å². The molecule has 1 rings (SSSR count). The Labute approximate surface area is 104 Å². The summed E-state index contributed by atoms with van der Waals surface area (Å²) < 4.78 is 5.56. The molecule has 0 bridgehead atoms. The minimum absolute atomic E-state index is 0.208. The van der Waals surface area contributed by atoms with Crippen LogP contribution in [0.2, 0.25) is 0 Å². The second-order valence-electron chi connectivity index (χ2n) is 5.29. The van der Waals surface area contributed by atoms with E-state index in [1.54, 1.807) is 0 Å². The van der Waals surface area contributed by atoms with E-state index in [0.29, 0.717) is 18.8 Å². The number of ether oxygens (including phenoxy) is 1. The zero-order chi connectivity index (χ0) is 12.7. The summed E-state index contributed by atoms with van der Waals surface area (Å²) in [6.07, 6.45) is 2.49. The third-order valence-electron chi connectivity index (χ3n) is 2.65. The first kappa shape index (κ1) is 13.8.